The maximum atomic E-state index is 12.1. The largest absolute Gasteiger partial charge is 0.504 e. The molecule has 0 bridgehead atoms. The minimum atomic E-state index is -3.80. The molecule has 0 aliphatic rings. The molecule has 0 saturated heterocycles. The first kappa shape index (κ1) is 17.6. The molecular formula is C16H18N2O5S. The van der Waals surface area contributed by atoms with Gasteiger partial charge in [0.25, 0.3) is 10.0 Å². The van der Waals surface area contributed by atoms with E-state index in [1.165, 1.54) is 37.6 Å². The third-order valence-electron chi connectivity index (χ3n) is 3.08. The number of methoxy groups -OCH3 is 1. The Balaban J connectivity index is 2.14. The van der Waals surface area contributed by atoms with Gasteiger partial charge >= 0.3 is 0 Å². The number of phenols is 1. The highest BCUT2D eigenvalue weighted by molar-refractivity contribution is 7.89. The van der Waals surface area contributed by atoms with Crippen LogP contribution in [0.5, 0.6) is 17.2 Å². The van der Waals surface area contributed by atoms with E-state index in [4.69, 9.17) is 9.47 Å². The van der Waals surface area contributed by atoms with Crippen molar-refractivity contribution in [1.82, 2.24) is 4.83 Å². The monoisotopic (exact) mass is 350 g/mol. The van der Waals surface area contributed by atoms with Gasteiger partial charge in [0, 0.05) is 5.56 Å². The molecule has 2 N–H and O–H groups in total. The van der Waals surface area contributed by atoms with Crippen LogP contribution in [0.2, 0.25) is 0 Å². The number of ether oxygens (including phenoxy) is 2. The van der Waals surface area contributed by atoms with Crippen molar-refractivity contribution >= 4 is 16.2 Å². The molecule has 0 aliphatic heterocycles. The minimum Gasteiger partial charge on any atom is -0.504 e. The van der Waals surface area contributed by atoms with Gasteiger partial charge in [0.2, 0.25) is 0 Å². The number of sulfonamides is 1. The van der Waals surface area contributed by atoms with Crippen LogP contribution in [0.25, 0.3) is 0 Å². The summed E-state index contributed by atoms with van der Waals surface area (Å²) in [7, 11) is -2.31. The average molecular weight is 350 g/mol. The van der Waals surface area contributed by atoms with Crippen molar-refractivity contribution in [3.05, 3.63) is 48.0 Å². The van der Waals surface area contributed by atoms with Gasteiger partial charge in [0.15, 0.2) is 11.5 Å². The van der Waals surface area contributed by atoms with E-state index in [9.17, 15) is 13.5 Å². The summed E-state index contributed by atoms with van der Waals surface area (Å²) in [6.45, 7) is 2.20. The van der Waals surface area contributed by atoms with Crippen molar-refractivity contribution in [3.8, 4) is 17.2 Å². The van der Waals surface area contributed by atoms with Crippen molar-refractivity contribution in [2.75, 3.05) is 13.7 Å². The van der Waals surface area contributed by atoms with Crippen molar-refractivity contribution < 1.29 is 23.0 Å². The van der Waals surface area contributed by atoms with Gasteiger partial charge in [-0.15, -0.1) is 0 Å². The lowest BCUT2D eigenvalue weighted by Crippen LogP contribution is -2.18. The Kier molecular flexibility index (Phi) is 5.64. The highest BCUT2D eigenvalue weighted by Crippen LogP contribution is 2.28. The van der Waals surface area contributed by atoms with Gasteiger partial charge in [0.1, 0.15) is 5.75 Å². The fourth-order valence-electron chi connectivity index (χ4n) is 1.89. The van der Waals surface area contributed by atoms with E-state index in [1.807, 2.05) is 0 Å². The van der Waals surface area contributed by atoms with E-state index in [0.29, 0.717) is 23.7 Å². The Labute approximate surface area is 140 Å². The molecule has 0 spiro atoms. The molecule has 0 heterocycles. The molecule has 0 fully saturated rings. The summed E-state index contributed by atoms with van der Waals surface area (Å²) in [4.78, 5) is 2.14. The van der Waals surface area contributed by atoms with Crippen LogP contribution in [-0.4, -0.2) is 33.5 Å². The standard InChI is InChI=1S/C16H18N2O5S/c1-3-23-15-6-4-5-12(16(15)19)11-17-18-24(20,21)14-9-7-13(22-2)8-10-14/h4-11,18-19H,3H2,1-2H3/b17-11-. The Morgan fingerprint density at radius 3 is 2.54 bits per heavy atom. The second-order valence-electron chi connectivity index (χ2n) is 4.66. The van der Waals surface area contributed by atoms with Crippen LogP contribution in [0.1, 0.15) is 12.5 Å². The van der Waals surface area contributed by atoms with E-state index in [2.05, 4.69) is 9.93 Å². The number of hydrogen-bond acceptors (Lipinski definition) is 6. The quantitative estimate of drug-likeness (QED) is 0.589. The fraction of sp³-hybridized carbons (Fsp3) is 0.188. The molecule has 2 rings (SSSR count). The average Bonchev–Trinajstić information content (AvgIpc) is 2.58. The first-order chi connectivity index (χ1) is 11.5. The predicted octanol–water partition coefficient (Wildman–Crippen LogP) is 2.11. The number of nitrogens with zero attached hydrogens (tertiary/aromatic N) is 1. The summed E-state index contributed by atoms with van der Waals surface area (Å²) in [5.41, 5.74) is 0.332. The minimum absolute atomic E-state index is 0.0488. The molecule has 7 nitrogen and oxygen atoms in total. The zero-order valence-corrected chi connectivity index (χ0v) is 14.1. The number of rotatable bonds is 7. The maximum Gasteiger partial charge on any atom is 0.276 e. The lowest BCUT2D eigenvalue weighted by Gasteiger charge is -2.07. The highest BCUT2D eigenvalue weighted by atomic mass is 32.2. The summed E-state index contributed by atoms with van der Waals surface area (Å²) in [6, 6.07) is 10.8. The molecule has 0 amide bonds. The number of hydrogen-bond donors (Lipinski definition) is 2. The van der Waals surface area contributed by atoms with Crippen molar-refractivity contribution in [2.24, 2.45) is 5.10 Å². The molecule has 0 atom stereocenters. The van der Waals surface area contributed by atoms with Crippen LogP contribution >= 0.6 is 0 Å². The lowest BCUT2D eigenvalue weighted by atomic mass is 10.2. The molecule has 0 radical (unpaired) electrons. The summed E-state index contributed by atoms with van der Waals surface area (Å²) >= 11 is 0. The van der Waals surface area contributed by atoms with Crippen LogP contribution in [0.15, 0.2) is 52.5 Å². The molecule has 0 unspecified atom stereocenters. The van der Waals surface area contributed by atoms with E-state index in [1.54, 1.807) is 25.1 Å². The van der Waals surface area contributed by atoms with Crippen LogP contribution in [0, 0.1) is 0 Å². The number of phenolic OH excluding ortho intramolecular Hbond substituents is 1. The summed E-state index contributed by atoms with van der Waals surface area (Å²) in [6.07, 6.45) is 1.21. The Morgan fingerprint density at radius 2 is 1.92 bits per heavy atom. The zero-order chi connectivity index (χ0) is 17.6. The Morgan fingerprint density at radius 1 is 1.21 bits per heavy atom. The molecule has 128 valence electrons. The van der Waals surface area contributed by atoms with Gasteiger partial charge in [-0.2, -0.15) is 13.5 Å². The van der Waals surface area contributed by atoms with Crippen LogP contribution in [0.3, 0.4) is 0 Å². The van der Waals surface area contributed by atoms with Crippen LogP contribution in [-0.2, 0) is 10.0 Å². The summed E-state index contributed by atoms with van der Waals surface area (Å²) in [5, 5.41) is 13.7. The first-order valence-electron chi connectivity index (χ1n) is 7.11. The second kappa shape index (κ2) is 7.69. The zero-order valence-electron chi connectivity index (χ0n) is 13.3. The number of hydrazone groups is 1. The summed E-state index contributed by atoms with van der Waals surface area (Å²) in [5.74, 6) is 0.751. The molecule has 0 aliphatic carbocycles. The number of nitrogens with one attached hydrogen (secondary N) is 1. The van der Waals surface area contributed by atoms with Crippen LogP contribution < -0.4 is 14.3 Å². The Bertz CT molecular complexity index is 817. The van der Waals surface area contributed by atoms with Crippen molar-refractivity contribution in [1.29, 1.82) is 0 Å². The first-order valence-corrected chi connectivity index (χ1v) is 8.60. The normalized spacial score (nSPS) is 11.4. The summed E-state index contributed by atoms with van der Waals surface area (Å²) < 4.78 is 34.5. The van der Waals surface area contributed by atoms with Crippen molar-refractivity contribution in [2.45, 2.75) is 11.8 Å². The van der Waals surface area contributed by atoms with Gasteiger partial charge in [-0.3, -0.25) is 0 Å². The molecule has 0 aromatic heterocycles. The number of benzene rings is 2. The fourth-order valence-corrected chi connectivity index (χ4v) is 2.68. The molecule has 24 heavy (non-hydrogen) atoms. The molecule has 8 heteroatoms. The lowest BCUT2D eigenvalue weighted by molar-refractivity contribution is 0.318. The molecule has 0 saturated carbocycles. The topological polar surface area (TPSA) is 97.2 Å². The van der Waals surface area contributed by atoms with E-state index in [0.717, 1.165) is 0 Å². The number of aromatic hydroxyl groups is 1. The predicted molar refractivity (Wildman–Crippen MR) is 90.2 cm³/mol. The molecule has 2 aromatic carbocycles. The highest BCUT2D eigenvalue weighted by Gasteiger charge is 2.13. The van der Waals surface area contributed by atoms with Crippen molar-refractivity contribution in [3.63, 3.8) is 0 Å². The maximum absolute atomic E-state index is 12.1. The van der Waals surface area contributed by atoms with E-state index >= 15 is 0 Å². The van der Waals surface area contributed by atoms with Gasteiger partial charge in [-0.05, 0) is 43.3 Å². The Hall–Kier alpha value is -2.74. The third kappa shape index (κ3) is 4.17. The third-order valence-corrected chi connectivity index (χ3v) is 4.31. The van der Waals surface area contributed by atoms with Gasteiger partial charge in [-0.1, -0.05) is 6.07 Å². The SMILES string of the molecule is CCOc1cccc(/C=N\NS(=O)(=O)c2ccc(OC)cc2)c1O. The van der Waals surface area contributed by atoms with Gasteiger partial charge < -0.3 is 14.6 Å². The van der Waals surface area contributed by atoms with E-state index < -0.39 is 10.0 Å². The smallest absolute Gasteiger partial charge is 0.276 e. The van der Waals surface area contributed by atoms with Crippen LogP contribution in [0.4, 0.5) is 0 Å². The second-order valence-corrected chi connectivity index (χ2v) is 6.32. The van der Waals surface area contributed by atoms with Gasteiger partial charge in [-0.25, -0.2) is 4.83 Å². The molecular weight excluding hydrogens is 332 g/mol. The molecule has 2 aromatic rings. The van der Waals surface area contributed by atoms with Gasteiger partial charge in [0.05, 0.1) is 24.8 Å². The van der Waals surface area contributed by atoms with E-state index in [-0.39, 0.29) is 10.6 Å². The number of para-hydroxylation sites is 1.